The molecule has 0 radical (unpaired) electrons. The first kappa shape index (κ1) is 24.8. The minimum Gasteiger partial charge on any atom is -0.493 e. The summed E-state index contributed by atoms with van der Waals surface area (Å²) in [7, 11) is 4.76. The van der Waals surface area contributed by atoms with Crippen LogP contribution >= 0.6 is 0 Å². The lowest BCUT2D eigenvalue weighted by Gasteiger charge is -2.22. The summed E-state index contributed by atoms with van der Waals surface area (Å²) in [5.74, 6) is 1.02. The Hall–Kier alpha value is -4.33. The standard InChI is InChI=1S/C28H30N4O4/c1-18-14-22-15-24(35-3)25(36-4)16-23(22)26(31-32(18)28(34)29-2)20-10-12-21(13-11-20)27(33)30-17-19-8-6-5-7-9-19/h5-13,15-16,18H,14,17H2,1-4H3,(H,29,34)(H,30,33)/t18-/m1/s1. The van der Waals surface area contributed by atoms with E-state index in [-0.39, 0.29) is 18.0 Å². The van der Waals surface area contributed by atoms with Gasteiger partial charge >= 0.3 is 6.03 Å². The molecule has 0 aromatic heterocycles. The molecule has 1 atom stereocenters. The lowest BCUT2D eigenvalue weighted by molar-refractivity contribution is 0.0951. The van der Waals surface area contributed by atoms with Crippen LogP contribution in [0.25, 0.3) is 0 Å². The third kappa shape index (κ3) is 5.17. The van der Waals surface area contributed by atoms with Gasteiger partial charge in [-0.25, -0.2) is 9.80 Å². The molecule has 0 fully saturated rings. The van der Waals surface area contributed by atoms with E-state index in [0.717, 1.165) is 22.3 Å². The normalized spacial score (nSPS) is 14.7. The van der Waals surface area contributed by atoms with Crippen molar-refractivity contribution in [2.24, 2.45) is 5.10 Å². The van der Waals surface area contributed by atoms with Crippen LogP contribution in [-0.4, -0.2) is 50.0 Å². The Bertz CT molecular complexity index is 1270. The molecule has 0 saturated heterocycles. The molecule has 0 spiro atoms. The number of rotatable bonds is 6. The number of carbonyl (C=O) groups excluding carboxylic acids is 2. The van der Waals surface area contributed by atoms with Crippen LogP contribution in [0.2, 0.25) is 0 Å². The molecule has 0 aliphatic carbocycles. The van der Waals surface area contributed by atoms with Crippen molar-refractivity contribution >= 4 is 17.6 Å². The number of hydrogen-bond donors (Lipinski definition) is 2. The van der Waals surface area contributed by atoms with Gasteiger partial charge in [0.2, 0.25) is 0 Å². The number of nitrogens with zero attached hydrogens (tertiary/aromatic N) is 2. The first-order valence-corrected chi connectivity index (χ1v) is 11.7. The first-order chi connectivity index (χ1) is 17.4. The molecule has 1 heterocycles. The molecule has 0 unspecified atom stereocenters. The predicted octanol–water partition coefficient (Wildman–Crippen LogP) is 3.97. The largest absolute Gasteiger partial charge is 0.493 e. The number of amides is 3. The molecular formula is C28H30N4O4. The van der Waals surface area contributed by atoms with Gasteiger partial charge in [-0.15, -0.1) is 0 Å². The molecule has 1 aliphatic heterocycles. The fourth-order valence-electron chi connectivity index (χ4n) is 4.21. The number of fused-ring (bicyclic) bond motifs is 1. The van der Waals surface area contributed by atoms with Gasteiger partial charge in [0.25, 0.3) is 5.91 Å². The fourth-order valence-corrected chi connectivity index (χ4v) is 4.21. The van der Waals surface area contributed by atoms with Crippen LogP contribution in [0.1, 0.15) is 39.5 Å². The SMILES string of the molecule is CNC(=O)N1N=C(c2ccc(C(=O)NCc3ccccc3)cc2)c2cc(OC)c(OC)cc2C[C@H]1C. The van der Waals surface area contributed by atoms with E-state index in [1.165, 1.54) is 5.01 Å². The number of ether oxygens (including phenoxy) is 2. The predicted molar refractivity (Wildman–Crippen MR) is 139 cm³/mol. The van der Waals surface area contributed by atoms with E-state index in [1.54, 1.807) is 33.4 Å². The molecule has 8 nitrogen and oxygen atoms in total. The van der Waals surface area contributed by atoms with Crippen molar-refractivity contribution < 1.29 is 19.1 Å². The van der Waals surface area contributed by atoms with Crippen LogP contribution < -0.4 is 20.1 Å². The van der Waals surface area contributed by atoms with Crippen molar-refractivity contribution in [3.63, 3.8) is 0 Å². The number of methoxy groups -OCH3 is 2. The highest BCUT2D eigenvalue weighted by Gasteiger charge is 2.28. The number of hydrogen-bond acceptors (Lipinski definition) is 5. The summed E-state index contributed by atoms with van der Waals surface area (Å²) in [5.41, 5.74) is 4.76. The summed E-state index contributed by atoms with van der Waals surface area (Å²) in [5, 5.41) is 11.8. The maximum Gasteiger partial charge on any atom is 0.337 e. The van der Waals surface area contributed by atoms with Gasteiger partial charge in [0.15, 0.2) is 11.5 Å². The maximum atomic E-state index is 12.7. The van der Waals surface area contributed by atoms with Gasteiger partial charge in [-0.3, -0.25) is 4.79 Å². The molecule has 3 aromatic carbocycles. The Morgan fingerprint density at radius 1 is 1.00 bits per heavy atom. The minimum atomic E-state index is -0.302. The Morgan fingerprint density at radius 2 is 1.67 bits per heavy atom. The molecule has 36 heavy (non-hydrogen) atoms. The average Bonchev–Trinajstić information content (AvgIpc) is 3.06. The molecule has 0 saturated carbocycles. The zero-order valence-electron chi connectivity index (χ0n) is 20.9. The number of nitrogens with one attached hydrogen (secondary N) is 2. The summed E-state index contributed by atoms with van der Waals surface area (Å²) in [6.07, 6.45) is 0.579. The maximum absolute atomic E-state index is 12.7. The van der Waals surface area contributed by atoms with Gasteiger partial charge < -0.3 is 20.1 Å². The summed E-state index contributed by atoms with van der Waals surface area (Å²) < 4.78 is 11.0. The van der Waals surface area contributed by atoms with Crippen molar-refractivity contribution in [3.8, 4) is 11.5 Å². The number of carbonyl (C=O) groups is 2. The van der Waals surface area contributed by atoms with E-state index in [1.807, 2.05) is 61.5 Å². The van der Waals surface area contributed by atoms with Crippen LogP contribution in [0, 0.1) is 0 Å². The third-order valence-electron chi connectivity index (χ3n) is 6.14. The van der Waals surface area contributed by atoms with E-state index >= 15 is 0 Å². The molecule has 1 aliphatic rings. The fraction of sp³-hybridized carbons (Fsp3) is 0.250. The van der Waals surface area contributed by atoms with Crippen molar-refractivity contribution in [2.45, 2.75) is 25.9 Å². The highest BCUT2D eigenvalue weighted by Crippen LogP contribution is 2.34. The summed E-state index contributed by atoms with van der Waals surface area (Å²) in [6, 6.07) is 20.3. The second kappa shape index (κ2) is 10.9. The van der Waals surface area contributed by atoms with Crippen molar-refractivity contribution in [2.75, 3.05) is 21.3 Å². The van der Waals surface area contributed by atoms with E-state index in [0.29, 0.717) is 35.7 Å². The molecule has 2 N–H and O–H groups in total. The van der Waals surface area contributed by atoms with Crippen LogP contribution in [0.4, 0.5) is 4.79 Å². The molecular weight excluding hydrogens is 456 g/mol. The summed E-state index contributed by atoms with van der Waals surface area (Å²) in [6.45, 7) is 2.39. The summed E-state index contributed by atoms with van der Waals surface area (Å²) >= 11 is 0. The van der Waals surface area contributed by atoms with E-state index in [9.17, 15) is 9.59 Å². The van der Waals surface area contributed by atoms with Gasteiger partial charge in [-0.2, -0.15) is 5.10 Å². The molecule has 3 amide bonds. The average molecular weight is 487 g/mol. The molecule has 186 valence electrons. The monoisotopic (exact) mass is 486 g/mol. The number of urea groups is 1. The second-order valence-electron chi connectivity index (χ2n) is 8.51. The zero-order valence-corrected chi connectivity index (χ0v) is 20.9. The van der Waals surface area contributed by atoms with Crippen LogP contribution in [0.5, 0.6) is 11.5 Å². The zero-order chi connectivity index (χ0) is 25.7. The van der Waals surface area contributed by atoms with Crippen molar-refractivity contribution in [1.29, 1.82) is 0 Å². The van der Waals surface area contributed by atoms with Crippen LogP contribution in [-0.2, 0) is 13.0 Å². The van der Waals surface area contributed by atoms with E-state index in [4.69, 9.17) is 14.6 Å². The molecule has 3 aromatic rings. The number of benzene rings is 3. The lowest BCUT2D eigenvalue weighted by Crippen LogP contribution is -2.41. The van der Waals surface area contributed by atoms with Gasteiger partial charge in [0, 0.05) is 30.3 Å². The van der Waals surface area contributed by atoms with Gasteiger partial charge in [0.05, 0.1) is 26.0 Å². The third-order valence-corrected chi connectivity index (χ3v) is 6.14. The molecule has 0 bridgehead atoms. The van der Waals surface area contributed by atoms with Crippen molar-refractivity contribution in [1.82, 2.24) is 15.6 Å². The van der Waals surface area contributed by atoms with Crippen LogP contribution in [0.3, 0.4) is 0 Å². The van der Waals surface area contributed by atoms with E-state index < -0.39 is 0 Å². The Kier molecular flexibility index (Phi) is 7.53. The Morgan fingerprint density at radius 3 is 2.31 bits per heavy atom. The number of hydrazone groups is 1. The highest BCUT2D eigenvalue weighted by atomic mass is 16.5. The van der Waals surface area contributed by atoms with Gasteiger partial charge in [0.1, 0.15) is 0 Å². The first-order valence-electron chi connectivity index (χ1n) is 11.7. The second-order valence-corrected chi connectivity index (χ2v) is 8.51. The lowest BCUT2D eigenvalue weighted by atomic mass is 9.93. The Balaban J connectivity index is 1.69. The van der Waals surface area contributed by atoms with Gasteiger partial charge in [-0.05, 0) is 48.7 Å². The molecule has 4 rings (SSSR count). The van der Waals surface area contributed by atoms with E-state index in [2.05, 4.69) is 10.6 Å². The quantitative estimate of drug-likeness (QED) is 0.552. The highest BCUT2D eigenvalue weighted by molar-refractivity contribution is 6.15. The van der Waals surface area contributed by atoms with Gasteiger partial charge in [-0.1, -0.05) is 42.5 Å². The molecule has 8 heteroatoms. The topological polar surface area (TPSA) is 92.3 Å². The Labute approximate surface area is 210 Å². The van der Waals surface area contributed by atoms with Crippen LogP contribution in [0.15, 0.2) is 71.8 Å². The minimum absolute atomic E-state index is 0.166. The van der Waals surface area contributed by atoms with Crippen molar-refractivity contribution in [3.05, 3.63) is 94.5 Å². The smallest absolute Gasteiger partial charge is 0.337 e. The summed E-state index contributed by atoms with van der Waals surface area (Å²) in [4.78, 5) is 25.3.